The number of ether oxygens (including phenoxy) is 1. The van der Waals surface area contributed by atoms with Crippen molar-refractivity contribution in [1.82, 2.24) is 0 Å². The summed E-state index contributed by atoms with van der Waals surface area (Å²) in [5, 5.41) is 9.84. The van der Waals surface area contributed by atoms with Crippen molar-refractivity contribution >= 4 is 23.2 Å². The van der Waals surface area contributed by atoms with E-state index in [-0.39, 0.29) is 18.8 Å². The van der Waals surface area contributed by atoms with Crippen molar-refractivity contribution in [2.24, 2.45) is 0 Å². The molecule has 2 nitrogen and oxygen atoms in total. The molecule has 1 aliphatic rings. The highest BCUT2D eigenvalue weighted by atomic mass is 35.5. The molecule has 4 heteroatoms. The molecule has 1 saturated heterocycles. The van der Waals surface area contributed by atoms with Crippen LogP contribution in [0.4, 0.5) is 0 Å². The largest absolute Gasteiger partial charge is 0.394 e. The maximum atomic E-state index is 8.80. The molecule has 0 saturated carbocycles. The van der Waals surface area contributed by atoms with E-state index in [9.17, 15) is 0 Å². The van der Waals surface area contributed by atoms with Gasteiger partial charge in [0, 0.05) is 5.56 Å². The standard InChI is InChI=1S/C9H8Cl2O2/c10-6-3-1-2-5(8(6)11)9-7(4-12)13-9/h1-3,7,9,12H,4H2. The Morgan fingerprint density at radius 3 is 2.77 bits per heavy atom. The minimum Gasteiger partial charge on any atom is -0.394 e. The molecule has 2 atom stereocenters. The number of benzene rings is 1. The molecule has 1 N–H and O–H groups in total. The second-order valence-corrected chi connectivity index (χ2v) is 3.71. The number of rotatable bonds is 2. The fraction of sp³-hybridized carbons (Fsp3) is 0.333. The molecule has 0 bridgehead atoms. The van der Waals surface area contributed by atoms with E-state index in [1.807, 2.05) is 12.1 Å². The second-order valence-electron chi connectivity index (χ2n) is 2.92. The van der Waals surface area contributed by atoms with Crippen molar-refractivity contribution in [3.05, 3.63) is 33.8 Å². The Morgan fingerprint density at radius 1 is 1.38 bits per heavy atom. The first-order valence-electron chi connectivity index (χ1n) is 3.94. The molecule has 2 unspecified atom stereocenters. The fourth-order valence-electron chi connectivity index (χ4n) is 1.30. The van der Waals surface area contributed by atoms with Gasteiger partial charge in [-0.05, 0) is 6.07 Å². The van der Waals surface area contributed by atoms with E-state index in [4.69, 9.17) is 33.0 Å². The molecule has 1 aromatic carbocycles. The van der Waals surface area contributed by atoms with Crippen LogP contribution in [0, 0.1) is 0 Å². The Balaban J connectivity index is 2.27. The first kappa shape index (κ1) is 9.28. The number of epoxide rings is 1. The van der Waals surface area contributed by atoms with Gasteiger partial charge in [0.1, 0.15) is 12.2 Å². The van der Waals surface area contributed by atoms with Crippen LogP contribution in [-0.2, 0) is 4.74 Å². The van der Waals surface area contributed by atoms with Gasteiger partial charge in [0.05, 0.1) is 16.7 Å². The number of aliphatic hydroxyl groups excluding tert-OH is 1. The van der Waals surface area contributed by atoms with Crippen molar-refractivity contribution in [3.8, 4) is 0 Å². The number of halogens is 2. The smallest absolute Gasteiger partial charge is 0.113 e. The fourth-order valence-corrected chi connectivity index (χ4v) is 1.71. The summed E-state index contributed by atoms with van der Waals surface area (Å²) in [5.74, 6) is 0. The zero-order valence-corrected chi connectivity index (χ0v) is 8.22. The van der Waals surface area contributed by atoms with Crippen molar-refractivity contribution in [2.45, 2.75) is 12.2 Å². The molecule has 0 radical (unpaired) electrons. The lowest BCUT2D eigenvalue weighted by Gasteiger charge is -2.01. The molecule has 70 valence electrons. The van der Waals surface area contributed by atoms with Gasteiger partial charge in [0.15, 0.2) is 0 Å². The van der Waals surface area contributed by atoms with Crippen LogP contribution >= 0.6 is 23.2 Å². The van der Waals surface area contributed by atoms with Gasteiger partial charge in [-0.25, -0.2) is 0 Å². The molecule has 0 aliphatic carbocycles. The van der Waals surface area contributed by atoms with Gasteiger partial charge in [0.2, 0.25) is 0 Å². The van der Waals surface area contributed by atoms with Gasteiger partial charge in [0.25, 0.3) is 0 Å². The van der Waals surface area contributed by atoms with E-state index in [2.05, 4.69) is 0 Å². The maximum Gasteiger partial charge on any atom is 0.113 e. The average Bonchev–Trinajstić information content (AvgIpc) is 2.89. The third-order valence-electron chi connectivity index (χ3n) is 2.05. The Morgan fingerprint density at radius 2 is 2.15 bits per heavy atom. The molecular weight excluding hydrogens is 211 g/mol. The topological polar surface area (TPSA) is 32.8 Å². The number of hydrogen-bond donors (Lipinski definition) is 1. The third-order valence-corrected chi connectivity index (χ3v) is 2.88. The van der Waals surface area contributed by atoms with E-state index in [0.717, 1.165) is 5.56 Å². The molecule has 1 heterocycles. The zero-order valence-electron chi connectivity index (χ0n) is 6.71. The highest BCUT2D eigenvalue weighted by molar-refractivity contribution is 6.42. The van der Waals surface area contributed by atoms with Crippen molar-refractivity contribution in [3.63, 3.8) is 0 Å². The Bertz CT molecular complexity index is 327. The maximum absolute atomic E-state index is 8.80. The van der Waals surface area contributed by atoms with Crippen LogP contribution in [0.15, 0.2) is 18.2 Å². The summed E-state index contributed by atoms with van der Waals surface area (Å²) >= 11 is 11.8. The predicted octanol–water partition coefficient (Wildman–Crippen LogP) is 2.43. The minimum atomic E-state index is -0.115. The second kappa shape index (κ2) is 3.46. The third kappa shape index (κ3) is 1.67. The molecule has 1 aliphatic heterocycles. The number of aliphatic hydroxyl groups is 1. The van der Waals surface area contributed by atoms with Crippen LogP contribution < -0.4 is 0 Å². The highest BCUT2D eigenvalue weighted by Crippen LogP contribution is 2.43. The van der Waals surface area contributed by atoms with Crippen LogP contribution in [0.2, 0.25) is 10.0 Å². The first-order valence-corrected chi connectivity index (χ1v) is 4.70. The lowest BCUT2D eigenvalue weighted by molar-refractivity contribution is 0.242. The predicted molar refractivity (Wildman–Crippen MR) is 51.2 cm³/mol. The molecule has 1 aromatic rings. The van der Waals surface area contributed by atoms with E-state index in [0.29, 0.717) is 10.0 Å². The summed E-state index contributed by atoms with van der Waals surface area (Å²) in [6.07, 6.45) is -0.202. The minimum absolute atomic E-state index is 0.0213. The summed E-state index contributed by atoms with van der Waals surface area (Å²) in [4.78, 5) is 0. The van der Waals surface area contributed by atoms with Gasteiger partial charge in [-0.1, -0.05) is 35.3 Å². The molecule has 0 amide bonds. The quantitative estimate of drug-likeness (QED) is 0.774. The summed E-state index contributed by atoms with van der Waals surface area (Å²) in [5.41, 5.74) is 0.855. The Labute approximate surface area is 86.0 Å². The summed E-state index contributed by atoms with van der Waals surface area (Å²) in [6.45, 7) is 0.0213. The van der Waals surface area contributed by atoms with Crippen LogP contribution in [0.25, 0.3) is 0 Å². The van der Waals surface area contributed by atoms with Gasteiger partial charge < -0.3 is 9.84 Å². The molecular formula is C9H8Cl2O2. The van der Waals surface area contributed by atoms with E-state index < -0.39 is 0 Å². The van der Waals surface area contributed by atoms with Crippen LogP contribution in [0.1, 0.15) is 11.7 Å². The normalized spacial score (nSPS) is 26.1. The highest BCUT2D eigenvalue weighted by Gasteiger charge is 2.40. The monoisotopic (exact) mass is 218 g/mol. The van der Waals surface area contributed by atoms with E-state index in [1.165, 1.54) is 0 Å². The lowest BCUT2D eigenvalue weighted by Crippen LogP contribution is -1.94. The molecule has 13 heavy (non-hydrogen) atoms. The van der Waals surface area contributed by atoms with Crippen molar-refractivity contribution in [1.29, 1.82) is 0 Å². The molecule has 1 fully saturated rings. The van der Waals surface area contributed by atoms with Crippen molar-refractivity contribution in [2.75, 3.05) is 6.61 Å². The van der Waals surface area contributed by atoms with Crippen LogP contribution in [-0.4, -0.2) is 17.8 Å². The van der Waals surface area contributed by atoms with E-state index in [1.54, 1.807) is 6.07 Å². The zero-order chi connectivity index (χ0) is 9.42. The molecule has 2 rings (SSSR count). The van der Waals surface area contributed by atoms with Crippen molar-refractivity contribution < 1.29 is 9.84 Å². The summed E-state index contributed by atoms with van der Waals surface area (Å²) in [7, 11) is 0. The number of hydrogen-bond acceptors (Lipinski definition) is 2. The van der Waals surface area contributed by atoms with Crippen LogP contribution in [0.3, 0.4) is 0 Å². The van der Waals surface area contributed by atoms with Gasteiger partial charge in [-0.15, -0.1) is 0 Å². The molecule has 0 spiro atoms. The molecule has 0 aromatic heterocycles. The Kier molecular flexibility index (Phi) is 2.47. The SMILES string of the molecule is OCC1OC1c1cccc(Cl)c1Cl. The average molecular weight is 219 g/mol. The first-order chi connectivity index (χ1) is 6.24. The van der Waals surface area contributed by atoms with Gasteiger partial charge in [-0.3, -0.25) is 0 Å². The van der Waals surface area contributed by atoms with Gasteiger partial charge >= 0.3 is 0 Å². The van der Waals surface area contributed by atoms with Crippen LogP contribution in [0.5, 0.6) is 0 Å². The Hall–Kier alpha value is -0.280. The summed E-state index contributed by atoms with van der Waals surface area (Å²) < 4.78 is 5.19. The van der Waals surface area contributed by atoms with Gasteiger partial charge in [-0.2, -0.15) is 0 Å². The van der Waals surface area contributed by atoms with E-state index >= 15 is 0 Å². The summed E-state index contributed by atoms with van der Waals surface area (Å²) in [6, 6.07) is 5.40. The lowest BCUT2D eigenvalue weighted by atomic mass is 10.1.